The van der Waals surface area contributed by atoms with Gasteiger partial charge >= 0.3 is 0 Å². The molecule has 1 nitrogen and oxygen atoms in total. The molecular formula is C9H7BrO. The summed E-state index contributed by atoms with van der Waals surface area (Å²) in [6.45, 7) is 3.38. The minimum absolute atomic E-state index is 0.767. The van der Waals surface area contributed by atoms with Crippen LogP contribution in [0.4, 0.5) is 0 Å². The largest absolute Gasteiger partial charge is 0.456 e. The highest BCUT2D eigenvalue weighted by Gasteiger charge is 1.94. The van der Waals surface area contributed by atoms with Crippen molar-refractivity contribution in [1.82, 2.24) is 0 Å². The summed E-state index contributed by atoms with van der Waals surface area (Å²) in [5.74, 6) is 0.767. The Morgan fingerprint density at radius 1 is 1.45 bits per heavy atom. The van der Waals surface area contributed by atoms with E-state index in [1.165, 1.54) is 6.26 Å². The van der Waals surface area contributed by atoms with Gasteiger partial charge in [0, 0.05) is 0 Å². The van der Waals surface area contributed by atoms with Gasteiger partial charge in [0.25, 0.3) is 0 Å². The molecule has 0 aliphatic heterocycles. The third-order valence-electron chi connectivity index (χ3n) is 1.11. The van der Waals surface area contributed by atoms with E-state index in [1.807, 2.05) is 24.3 Å². The number of benzene rings is 1. The Bertz CT molecular complexity index is 287. The van der Waals surface area contributed by atoms with E-state index in [2.05, 4.69) is 28.2 Å². The van der Waals surface area contributed by atoms with Gasteiger partial charge in [-0.3, -0.25) is 0 Å². The number of hydrogen-bond donors (Lipinski definition) is 0. The van der Waals surface area contributed by atoms with Crippen molar-refractivity contribution in [3.63, 3.8) is 0 Å². The van der Waals surface area contributed by atoms with Crippen LogP contribution in [0.2, 0.25) is 0 Å². The number of para-hydroxylation sites is 1. The Labute approximate surface area is 74.1 Å². The second kappa shape index (κ2) is 4.02. The van der Waals surface area contributed by atoms with E-state index in [1.54, 1.807) is 0 Å². The van der Waals surface area contributed by atoms with Crippen molar-refractivity contribution in [1.29, 1.82) is 0 Å². The average molecular weight is 211 g/mol. The third-order valence-corrected chi connectivity index (χ3v) is 1.76. The lowest BCUT2D eigenvalue weighted by molar-refractivity contribution is 0.479. The highest BCUT2D eigenvalue weighted by Crippen LogP contribution is 2.23. The highest BCUT2D eigenvalue weighted by atomic mass is 79.9. The van der Waals surface area contributed by atoms with Crippen LogP contribution < -0.4 is 4.74 Å². The van der Waals surface area contributed by atoms with Gasteiger partial charge in [0.2, 0.25) is 0 Å². The fraction of sp³-hybridized carbons (Fsp3) is 0. The van der Waals surface area contributed by atoms with Crippen LogP contribution in [0.25, 0.3) is 0 Å². The number of hydrogen-bond acceptors (Lipinski definition) is 1. The molecule has 1 rings (SSSR count). The first-order chi connectivity index (χ1) is 5.34. The molecule has 1 aromatic carbocycles. The van der Waals surface area contributed by atoms with Gasteiger partial charge in [-0.15, -0.1) is 0 Å². The molecule has 0 saturated carbocycles. The van der Waals surface area contributed by atoms with Gasteiger partial charge in [0.05, 0.1) is 4.47 Å². The average Bonchev–Trinajstić information content (AvgIpc) is 2.03. The number of ether oxygens (including phenoxy) is 1. The lowest BCUT2D eigenvalue weighted by Crippen LogP contribution is -1.80. The first-order valence-corrected chi connectivity index (χ1v) is 3.89. The molecule has 0 aliphatic carbocycles. The minimum atomic E-state index is 0.767. The van der Waals surface area contributed by atoms with Crippen LogP contribution in [-0.2, 0) is 0 Å². The van der Waals surface area contributed by atoms with Gasteiger partial charge in [0.1, 0.15) is 12.0 Å². The molecule has 11 heavy (non-hydrogen) atoms. The maximum atomic E-state index is 5.14. The Balaban J connectivity index is 2.85. The van der Waals surface area contributed by atoms with Gasteiger partial charge < -0.3 is 4.74 Å². The quantitative estimate of drug-likeness (QED) is 0.539. The molecule has 1 aromatic rings. The molecular weight excluding hydrogens is 204 g/mol. The molecule has 0 N–H and O–H groups in total. The molecule has 0 heterocycles. The van der Waals surface area contributed by atoms with E-state index in [0.717, 1.165) is 10.2 Å². The van der Waals surface area contributed by atoms with Crippen LogP contribution in [0.15, 0.2) is 47.3 Å². The van der Waals surface area contributed by atoms with E-state index in [-0.39, 0.29) is 0 Å². The maximum absolute atomic E-state index is 5.14. The Kier molecular flexibility index (Phi) is 2.96. The van der Waals surface area contributed by atoms with Gasteiger partial charge in [-0.25, -0.2) is 0 Å². The van der Waals surface area contributed by atoms with E-state index in [0.29, 0.717) is 0 Å². The summed E-state index contributed by atoms with van der Waals surface area (Å²) in [4.78, 5) is 0. The molecule has 0 saturated heterocycles. The molecule has 0 fully saturated rings. The number of halogens is 1. The first-order valence-electron chi connectivity index (χ1n) is 3.10. The molecule has 2 heteroatoms. The molecule has 0 amide bonds. The molecule has 0 aliphatic rings. The zero-order chi connectivity index (χ0) is 8.10. The summed E-state index contributed by atoms with van der Waals surface area (Å²) in [5, 5.41) is 0. The van der Waals surface area contributed by atoms with E-state index in [4.69, 9.17) is 4.74 Å². The summed E-state index contributed by atoms with van der Waals surface area (Å²) >= 11 is 3.33. The topological polar surface area (TPSA) is 9.23 Å². The van der Waals surface area contributed by atoms with Crippen LogP contribution in [0.3, 0.4) is 0 Å². The zero-order valence-electron chi connectivity index (χ0n) is 5.88. The van der Waals surface area contributed by atoms with Crippen molar-refractivity contribution in [2.75, 3.05) is 0 Å². The Hall–Kier alpha value is -0.980. The Morgan fingerprint density at radius 2 is 2.18 bits per heavy atom. The van der Waals surface area contributed by atoms with Gasteiger partial charge in [-0.05, 0) is 28.1 Å². The monoisotopic (exact) mass is 210 g/mol. The van der Waals surface area contributed by atoms with Crippen LogP contribution in [-0.4, -0.2) is 0 Å². The number of rotatable bonds is 2. The summed E-state index contributed by atoms with van der Waals surface area (Å²) in [6, 6.07) is 7.59. The molecule has 0 radical (unpaired) electrons. The molecule has 0 bridgehead atoms. The predicted molar refractivity (Wildman–Crippen MR) is 48.5 cm³/mol. The minimum Gasteiger partial charge on any atom is -0.456 e. The van der Waals surface area contributed by atoms with Gasteiger partial charge in [-0.2, -0.15) is 0 Å². The summed E-state index contributed by atoms with van der Waals surface area (Å²) < 4.78 is 6.06. The molecule has 0 spiro atoms. The van der Waals surface area contributed by atoms with E-state index >= 15 is 0 Å². The van der Waals surface area contributed by atoms with Gasteiger partial charge in [0.15, 0.2) is 0 Å². The van der Waals surface area contributed by atoms with Crippen LogP contribution in [0.1, 0.15) is 0 Å². The molecule has 0 unspecified atom stereocenters. The van der Waals surface area contributed by atoms with Crippen molar-refractivity contribution < 1.29 is 4.74 Å². The smallest absolute Gasteiger partial charge is 0.141 e. The van der Waals surface area contributed by atoms with E-state index in [9.17, 15) is 0 Å². The summed E-state index contributed by atoms with van der Waals surface area (Å²) in [7, 11) is 0. The normalized spacial score (nSPS) is 8.45. The fourth-order valence-electron chi connectivity index (χ4n) is 0.645. The fourth-order valence-corrected chi connectivity index (χ4v) is 1.02. The lowest BCUT2D eigenvalue weighted by Gasteiger charge is -1.99. The van der Waals surface area contributed by atoms with Crippen LogP contribution in [0, 0.1) is 0 Å². The van der Waals surface area contributed by atoms with Crippen molar-refractivity contribution in [2.24, 2.45) is 0 Å². The lowest BCUT2D eigenvalue weighted by atomic mass is 10.3. The van der Waals surface area contributed by atoms with Crippen LogP contribution in [0.5, 0.6) is 5.75 Å². The first kappa shape index (κ1) is 8.12. The highest BCUT2D eigenvalue weighted by molar-refractivity contribution is 9.10. The molecule has 56 valence electrons. The molecule has 0 atom stereocenters. The predicted octanol–water partition coefficient (Wildman–Crippen LogP) is 3.13. The standard InChI is InChI=1S/C9H7BrO/c1-2-7-11-9-6-4-3-5-8(9)10/h3-7H,1H2. The third kappa shape index (κ3) is 2.26. The van der Waals surface area contributed by atoms with Crippen molar-refractivity contribution in [2.45, 2.75) is 0 Å². The molecule has 0 aromatic heterocycles. The van der Waals surface area contributed by atoms with Gasteiger partial charge in [-0.1, -0.05) is 24.4 Å². The summed E-state index contributed by atoms with van der Waals surface area (Å²) in [5.41, 5.74) is 2.53. The maximum Gasteiger partial charge on any atom is 0.141 e. The zero-order valence-corrected chi connectivity index (χ0v) is 7.47. The summed E-state index contributed by atoms with van der Waals surface area (Å²) in [6.07, 6.45) is 1.42. The van der Waals surface area contributed by atoms with Crippen molar-refractivity contribution in [3.8, 4) is 5.75 Å². The second-order valence-electron chi connectivity index (χ2n) is 1.87. The SMILES string of the molecule is C=C=COc1ccccc1Br. The Morgan fingerprint density at radius 3 is 2.82 bits per heavy atom. The van der Waals surface area contributed by atoms with Crippen molar-refractivity contribution >= 4 is 15.9 Å². The van der Waals surface area contributed by atoms with Crippen LogP contribution >= 0.6 is 15.9 Å². The second-order valence-corrected chi connectivity index (χ2v) is 2.72. The van der Waals surface area contributed by atoms with Crippen molar-refractivity contribution in [3.05, 3.63) is 47.3 Å². The van der Waals surface area contributed by atoms with E-state index < -0.39 is 0 Å².